The number of hydrogen-bond acceptors (Lipinski definition) is 2. The number of rotatable bonds is 3. The molecule has 0 saturated heterocycles. The third-order valence-electron chi connectivity index (χ3n) is 2.19. The van der Waals surface area contributed by atoms with Gasteiger partial charge in [0, 0.05) is 0 Å². The molecule has 82 valence electrons. The Balaban J connectivity index is 0.000000167. The minimum atomic E-state index is 1.10. The summed E-state index contributed by atoms with van der Waals surface area (Å²) in [6.07, 6.45) is 5.54. The molecule has 2 heteroatoms. The van der Waals surface area contributed by atoms with Crippen LogP contribution in [0.2, 0.25) is 0 Å². The van der Waals surface area contributed by atoms with Crippen molar-refractivity contribution in [2.75, 3.05) is 0 Å². The van der Waals surface area contributed by atoms with Gasteiger partial charge in [0.2, 0.25) is 0 Å². The van der Waals surface area contributed by atoms with Crippen LogP contribution in [0.4, 0.5) is 0 Å². The third-order valence-corrected chi connectivity index (χ3v) is 3.00. The largest absolute Gasteiger partial charge is 0.245 e. The van der Waals surface area contributed by atoms with Crippen LogP contribution in [0, 0.1) is 0 Å². The number of fused-ring (bicyclic) bond motifs is 1. The Hall–Kier alpha value is -0.890. The van der Waals surface area contributed by atoms with Crippen LogP contribution >= 0.6 is 11.3 Å². The van der Waals surface area contributed by atoms with Crippen LogP contribution in [0.15, 0.2) is 29.8 Å². The van der Waals surface area contributed by atoms with Crippen molar-refractivity contribution in [2.24, 2.45) is 0 Å². The van der Waals surface area contributed by atoms with Gasteiger partial charge in [0.05, 0.1) is 15.7 Å². The van der Waals surface area contributed by atoms with Crippen LogP contribution < -0.4 is 0 Å². The zero-order valence-electron chi connectivity index (χ0n) is 9.57. The minimum absolute atomic E-state index is 1.10. The molecular weight excluding hydrogens is 202 g/mol. The Morgan fingerprint density at radius 3 is 2.33 bits per heavy atom. The van der Waals surface area contributed by atoms with Crippen molar-refractivity contribution in [1.29, 1.82) is 0 Å². The fourth-order valence-corrected chi connectivity index (χ4v) is 1.98. The summed E-state index contributed by atoms with van der Waals surface area (Å²) in [6, 6.07) is 8.13. The van der Waals surface area contributed by atoms with E-state index in [1.807, 2.05) is 23.7 Å². The first-order valence-corrected chi connectivity index (χ1v) is 6.54. The molecule has 0 N–H and O–H groups in total. The molecule has 0 aliphatic rings. The van der Waals surface area contributed by atoms with E-state index < -0.39 is 0 Å². The Morgan fingerprint density at radius 1 is 1.07 bits per heavy atom. The van der Waals surface area contributed by atoms with Crippen molar-refractivity contribution in [2.45, 2.75) is 39.5 Å². The van der Waals surface area contributed by atoms with E-state index in [0.29, 0.717) is 0 Å². The first-order valence-electron chi connectivity index (χ1n) is 5.66. The van der Waals surface area contributed by atoms with E-state index in [0.717, 1.165) is 5.52 Å². The predicted octanol–water partition coefficient (Wildman–Crippen LogP) is 4.88. The molecule has 0 saturated carbocycles. The standard InChI is InChI=1S/C7H5NS.C6H14/c1-2-4-7-6(3-1)8-5-9-7;1-3-5-6-4-2/h1-5H;3-6H2,1-2H3. The van der Waals surface area contributed by atoms with Gasteiger partial charge >= 0.3 is 0 Å². The molecule has 0 amide bonds. The van der Waals surface area contributed by atoms with Crippen LogP contribution in [0.1, 0.15) is 39.5 Å². The maximum Gasteiger partial charge on any atom is 0.0812 e. The van der Waals surface area contributed by atoms with Gasteiger partial charge in [-0.2, -0.15) is 0 Å². The van der Waals surface area contributed by atoms with E-state index in [1.165, 1.54) is 30.4 Å². The maximum atomic E-state index is 4.14. The van der Waals surface area contributed by atoms with Gasteiger partial charge < -0.3 is 0 Å². The van der Waals surface area contributed by atoms with E-state index in [1.54, 1.807) is 11.3 Å². The van der Waals surface area contributed by atoms with Gasteiger partial charge in [0.25, 0.3) is 0 Å². The quantitative estimate of drug-likeness (QED) is 0.673. The SMILES string of the molecule is CCCCCC.c1ccc2scnc2c1. The summed E-state index contributed by atoms with van der Waals surface area (Å²) in [5.74, 6) is 0. The average molecular weight is 221 g/mol. The van der Waals surface area contributed by atoms with Gasteiger partial charge in [-0.1, -0.05) is 51.7 Å². The van der Waals surface area contributed by atoms with Gasteiger partial charge in [-0.05, 0) is 12.1 Å². The Bertz CT molecular complexity index is 333. The smallest absolute Gasteiger partial charge is 0.0812 e. The molecule has 0 atom stereocenters. The molecule has 0 spiro atoms. The second-order valence-corrected chi connectivity index (χ2v) is 4.41. The van der Waals surface area contributed by atoms with E-state index >= 15 is 0 Å². The molecule has 2 rings (SSSR count). The summed E-state index contributed by atoms with van der Waals surface area (Å²) in [6.45, 7) is 4.46. The topological polar surface area (TPSA) is 12.9 Å². The number of unbranched alkanes of at least 4 members (excludes halogenated alkanes) is 3. The molecule has 1 nitrogen and oxygen atoms in total. The Kier molecular flexibility index (Phi) is 6.02. The van der Waals surface area contributed by atoms with E-state index in [2.05, 4.69) is 24.9 Å². The van der Waals surface area contributed by atoms with E-state index in [9.17, 15) is 0 Å². The lowest BCUT2D eigenvalue weighted by atomic mass is 10.2. The number of nitrogens with zero attached hydrogens (tertiary/aromatic N) is 1. The molecule has 15 heavy (non-hydrogen) atoms. The Morgan fingerprint density at radius 2 is 1.73 bits per heavy atom. The normalized spacial score (nSPS) is 9.73. The first-order chi connectivity index (χ1) is 7.38. The first kappa shape index (κ1) is 12.2. The number of hydrogen-bond donors (Lipinski definition) is 0. The summed E-state index contributed by atoms with van der Waals surface area (Å²) in [7, 11) is 0. The molecule has 0 aliphatic heterocycles. The molecule has 0 radical (unpaired) electrons. The summed E-state index contributed by atoms with van der Waals surface area (Å²) >= 11 is 1.68. The van der Waals surface area contributed by atoms with Crippen LogP contribution in [0.25, 0.3) is 10.2 Å². The minimum Gasteiger partial charge on any atom is -0.245 e. The van der Waals surface area contributed by atoms with E-state index in [-0.39, 0.29) is 0 Å². The molecule has 0 bridgehead atoms. The molecule has 1 heterocycles. The van der Waals surface area contributed by atoms with Gasteiger partial charge in [-0.15, -0.1) is 11.3 Å². The average Bonchev–Trinajstić information content (AvgIpc) is 2.75. The van der Waals surface area contributed by atoms with Crippen molar-refractivity contribution in [3.8, 4) is 0 Å². The third kappa shape index (κ3) is 4.43. The lowest BCUT2D eigenvalue weighted by molar-refractivity contribution is 0.702. The van der Waals surface area contributed by atoms with Crippen molar-refractivity contribution in [3.63, 3.8) is 0 Å². The van der Waals surface area contributed by atoms with Crippen LogP contribution in [0.5, 0.6) is 0 Å². The van der Waals surface area contributed by atoms with Crippen molar-refractivity contribution in [1.82, 2.24) is 4.98 Å². The molecule has 0 fully saturated rings. The lowest BCUT2D eigenvalue weighted by Crippen LogP contribution is -1.66. The maximum absolute atomic E-state index is 4.14. The highest BCUT2D eigenvalue weighted by Gasteiger charge is 1.89. The fourth-order valence-electron chi connectivity index (χ4n) is 1.30. The Labute approximate surface area is 96.2 Å². The summed E-state index contributed by atoms with van der Waals surface area (Å²) in [5.41, 5.74) is 2.97. The highest BCUT2D eigenvalue weighted by molar-refractivity contribution is 7.16. The lowest BCUT2D eigenvalue weighted by Gasteiger charge is -1.86. The molecule has 1 aromatic carbocycles. The van der Waals surface area contributed by atoms with Gasteiger partial charge in [-0.25, -0.2) is 4.98 Å². The second kappa shape index (κ2) is 7.41. The van der Waals surface area contributed by atoms with Crippen molar-refractivity contribution < 1.29 is 0 Å². The highest BCUT2D eigenvalue weighted by atomic mass is 32.1. The zero-order chi connectivity index (χ0) is 10.9. The van der Waals surface area contributed by atoms with Gasteiger partial charge in [0.15, 0.2) is 0 Å². The molecule has 0 unspecified atom stereocenters. The number of thiazole rings is 1. The molecular formula is C13H19NS. The molecule has 2 aromatic rings. The predicted molar refractivity (Wildman–Crippen MR) is 69.4 cm³/mol. The summed E-state index contributed by atoms with van der Waals surface area (Å²) < 4.78 is 1.26. The van der Waals surface area contributed by atoms with E-state index in [4.69, 9.17) is 0 Å². The van der Waals surface area contributed by atoms with Crippen LogP contribution in [-0.4, -0.2) is 4.98 Å². The highest BCUT2D eigenvalue weighted by Crippen LogP contribution is 2.15. The second-order valence-electron chi connectivity index (χ2n) is 3.53. The fraction of sp³-hybridized carbons (Fsp3) is 0.462. The van der Waals surface area contributed by atoms with Gasteiger partial charge in [0.1, 0.15) is 0 Å². The summed E-state index contributed by atoms with van der Waals surface area (Å²) in [5, 5.41) is 0. The van der Waals surface area contributed by atoms with Crippen LogP contribution in [-0.2, 0) is 0 Å². The summed E-state index contributed by atoms with van der Waals surface area (Å²) in [4.78, 5) is 4.14. The number of benzene rings is 1. The zero-order valence-corrected chi connectivity index (χ0v) is 10.4. The molecule has 0 aliphatic carbocycles. The molecule has 1 aromatic heterocycles. The van der Waals surface area contributed by atoms with Crippen molar-refractivity contribution in [3.05, 3.63) is 29.8 Å². The number of aromatic nitrogens is 1. The van der Waals surface area contributed by atoms with Crippen LogP contribution in [0.3, 0.4) is 0 Å². The van der Waals surface area contributed by atoms with Crippen molar-refractivity contribution >= 4 is 21.6 Å². The monoisotopic (exact) mass is 221 g/mol. The van der Waals surface area contributed by atoms with Gasteiger partial charge in [-0.3, -0.25) is 0 Å². The number of para-hydroxylation sites is 1.